The highest BCUT2D eigenvalue weighted by molar-refractivity contribution is 7.16. The fourth-order valence-corrected chi connectivity index (χ4v) is 2.27. The van der Waals surface area contributed by atoms with E-state index in [0.29, 0.717) is 6.54 Å². The third-order valence-electron chi connectivity index (χ3n) is 2.48. The molecule has 0 radical (unpaired) electrons. The van der Waals surface area contributed by atoms with Crippen molar-refractivity contribution >= 4 is 27.4 Å². The average Bonchev–Trinajstić information content (AvgIpc) is 2.83. The van der Waals surface area contributed by atoms with E-state index in [9.17, 15) is 0 Å². The first-order valence-corrected chi connectivity index (χ1v) is 6.50. The van der Waals surface area contributed by atoms with Crippen molar-refractivity contribution in [1.82, 2.24) is 9.97 Å². The van der Waals surface area contributed by atoms with Gasteiger partial charge < -0.3 is 5.32 Å². The predicted octanol–water partition coefficient (Wildman–Crippen LogP) is 2.83. The molecule has 0 amide bonds. The lowest BCUT2D eigenvalue weighted by Crippen LogP contribution is -2.11. The van der Waals surface area contributed by atoms with E-state index in [-0.39, 0.29) is 5.92 Å². The maximum Gasteiger partial charge on any atom is 0.138 e. The zero-order valence-electron chi connectivity index (χ0n) is 9.90. The number of thiophene rings is 1. The highest BCUT2D eigenvalue weighted by atomic mass is 32.1. The summed E-state index contributed by atoms with van der Waals surface area (Å²) in [4.78, 5) is 9.94. The van der Waals surface area contributed by atoms with Gasteiger partial charge in [0.15, 0.2) is 0 Å². The molecule has 0 aliphatic carbocycles. The number of nitriles is 1. The molecule has 2 rings (SSSR count). The third-order valence-corrected chi connectivity index (χ3v) is 3.29. The zero-order valence-corrected chi connectivity index (χ0v) is 10.7. The van der Waals surface area contributed by atoms with Crippen LogP contribution in [-0.2, 0) is 6.42 Å². The molecule has 0 aromatic carbocycles. The summed E-state index contributed by atoms with van der Waals surface area (Å²) in [5, 5.41) is 15.0. The second-order valence-corrected chi connectivity index (χ2v) is 4.79. The van der Waals surface area contributed by atoms with Crippen molar-refractivity contribution in [3.63, 3.8) is 0 Å². The molecule has 2 aromatic heterocycles. The maximum absolute atomic E-state index is 8.77. The van der Waals surface area contributed by atoms with Crippen LogP contribution in [0.1, 0.15) is 19.7 Å². The molecule has 88 valence electrons. The quantitative estimate of drug-likeness (QED) is 0.901. The zero-order chi connectivity index (χ0) is 12.3. The number of hydrogen-bond donors (Lipinski definition) is 1. The van der Waals surface area contributed by atoms with Gasteiger partial charge in [-0.05, 0) is 18.4 Å². The fourth-order valence-electron chi connectivity index (χ4n) is 1.49. The number of rotatable bonds is 4. The molecule has 0 aliphatic heterocycles. The molecule has 17 heavy (non-hydrogen) atoms. The summed E-state index contributed by atoms with van der Waals surface area (Å²) >= 11 is 1.61. The van der Waals surface area contributed by atoms with Gasteiger partial charge in [0.05, 0.1) is 17.4 Å². The Bertz CT molecular complexity index is 555. The van der Waals surface area contributed by atoms with Crippen LogP contribution >= 0.6 is 11.3 Å². The van der Waals surface area contributed by atoms with E-state index in [1.165, 1.54) is 0 Å². The minimum absolute atomic E-state index is 0.0243. The van der Waals surface area contributed by atoms with Crippen molar-refractivity contribution in [3.8, 4) is 6.07 Å². The fraction of sp³-hybridized carbons (Fsp3) is 0.417. The van der Waals surface area contributed by atoms with Gasteiger partial charge in [-0.2, -0.15) is 5.26 Å². The molecule has 0 fully saturated rings. The summed E-state index contributed by atoms with van der Waals surface area (Å²) in [6.45, 7) is 4.54. The van der Waals surface area contributed by atoms with E-state index in [4.69, 9.17) is 5.26 Å². The first-order chi connectivity index (χ1) is 8.24. The van der Waals surface area contributed by atoms with Crippen LogP contribution in [0.25, 0.3) is 10.2 Å². The number of anilines is 1. The van der Waals surface area contributed by atoms with Gasteiger partial charge in [-0.15, -0.1) is 11.3 Å². The molecule has 1 N–H and O–H groups in total. The van der Waals surface area contributed by atoms with Crippen molar-refractivity contribution in [1.29, 1.82) is 5.26 Å². The minimum Gasteiger partial charge on any atom is -0.368 e. The van der Waals surface area contributed by atoms with Gasteiger partial charge in [0, 0.05) is 13.0 Å². The highest BCUT2D eigenvalue weighted by Crippen LogP contribution is 2.25. The molecule has 1 unspecified atom stereocenters. The van der Waals surface area contributed by atoms with E-state index in [1.54, 1.807) is 11.3 Å². The molecule has 5 heteroatoms. The van der Waals surface area contributed by atoms with E-state index in [1.807, 2.05) is 25.3 Å². The summed E-state index contributed by atoms with van der Waals surface area (Å²) in [5.41, 5.74) is 0. The van der Waals surface area contributed by atoms with Crippen molar-refractivity contribution in [2.75, 3.05) is 11.9 Å². The third kappa shape index (κ3) is 2.53. The summed E-state index contributed by atoms with van der Waals surface area (Å²) in [5.74, 6) is 1.66. The molecule has 0 saturated heterocycles. The first kappa shape index (κ1) is 11.8. The Hall–Kier alpha value is -1.67. The SMILES string of the molecule is CCc1nc(NCC(C)C#N)c2ccsc2n1. The Kier molecular flexibility index (Phi) is 3.55. The second kappa shape index (κ2) is 5.11. The summed E-state index contributed by atoms with van der Waals surface area (Å²) in [6, 6.07) is 4.22. The van der Waals surface area contributed by atoms with Gasteiger partial charge in [-0.25, -0.2) is 9.97 Å². The van der Waals surface area contributed by atoms with Gasteiger partial charge in [-0.1, -0.05) is 6.92 Å². The van der Waals surface area contributed by atoms with E-state index in [0.717, 1.165) is 28.3 Å². The number of aryl methyl sites for hydroxylation is 1. The molecule has 0 aliphatic rings. The van der Waals surface area contributed by atoms with Crippen LogP contribution in [0, 0.1) is 17.2 Å². The smallest absolute Gasteiger partial charge is 0.138 e. The Labute approximate surface area is 104 Å². The number of fused-ring (bicyclic) bond motifs is 1. The van der Waals surface area contributed by atoms with Crippen molar-refractivity contribution < 1.29 is 0 Å². The van der Waals surface area contributed by atoms with Gasteiger partial charge >= 0.3 is 0 Å². The van der Waals surface area contributed by atoms with Crippen LogP contribution in [0.5, 0.6) is 0 Å². The molecule has 0 saturated carbocycles. The minimum atomic E-state index is -0.0243. The van der Waals surface area contributed by atoms with Gasteiger partial charge in [0.2, 0.25) is 0 Å². The number of nitrogens with zero attached hydrogens (tertiary/aromatic N) is 3. The topological polar surface area (TPSA) is 61.6 Å². The number of hydrogen-bond acceptors (Lipinski definition) is 5. The predicted molar refractivity (Wildman–Crippen MR) is 70.1 cm³/mol. The number of aromatic nitrogens is 2. The van der Waals surface area contributed by atoms with Crippen LogP contribution in [-0.4, -0.2) is 16.5 Å². The van der Waals surface area contributed by atoms with E-state index in [2.05, 4.69) is 21.4 Å². The lowest BCUT2D eigenvalue weighted by molar-refractivity contribution is 0.782. The summed E-state index contributed by atoms with van der Waals surface area (Å²) < 4.78 is 0. The molecular weight excluding hydrogens is 232 g/mol. The molecule has 2 heterocycles. The van der Waals surface area contributed by atoms with E-state index < -0.39 is 0 Å². The standard InChI is InChI=1S/C12H14N4S/c1-3-10-15-11(14-7-8(2)6-13)9-4-5-17-12(9)16-10/h4-5,8H,3,7H2,1-2H3,(H,14,15,16). The average molecular weight is 246 g/mol. The summed E-state index contributed by atoms with van der Waals surface area (Å²) in [6.07, 6.45) is 0.816. The molecule has 4 nitrogen and oxygen atoms in total. The molecule has 0 spiro atoms. The number of nitrogens with one attached hydrogen (secondary N) is 1. The van der Waals surface area contributed by atoms with Gasteiger partial charge in [0.25, 0.3) is 0 Å². The molecular formula is C12H14N4S. The normalized spacial score (nSPS) is 12.3. The van der Waals surface area contributed by atoms with Crippen LogP contribution in [0.15, 0.2) is 11.4 Å². The largest absolute Gasteiger partial charge is 0.368 e. The Morgan fingerprint density at radius 3 is 3.06 bits per heavy atom. The first-order valence-electron chi connectivity index (χ1n) is 5.62. The van der Waals surface area contributed by atoms with Crippen LogP contribution < -0.4 is 5.32 Å². The van der Waals surface area contributed by atoms with Gasteiger partial charge in [-0.3, -0.25) is 0 Å². The van der Waals surface area contributed by atoms with Crippen LogP contribution in [0.3, 0.4) is 0 Å². The molecule has 0 bridgehead atoms. The van der Waals surface area contributed by atoms with Crippen molar-refractivity contribution in [2.24, 2.45) is 5.92 Å². The van der Waals surface area contributed by atoms with Crippen molar-refractivity contribution in [2.45, 2.75) is 20.3 Å². The van der Waals surface area contributed by atoms with Crippen LogP contribution in [0.4, 0.5) is 5.82 Å². The Balaban J connectivity index is 2.31. The van der Waals surface area contributed by atoms with Gasteiger partial charge in [0.1, 0.15) is 16.5 Å². The van der Waals surface area contributed by atoms with Crippen LogP contribution in [0.2, 0.25) is 0 Å². The molecule has 2 aromatic rings. The molecule has 1 atom stereocenters. The Morgan fingerprint density at radius 2 is 2.35 bits per heavy atom. The lowest BCUT2D eigenvalue weighted by atomic mass is 10.2. The van der Waals surface area contributed by atoms with E-state index >= 15 is 0 Å². The lowest BCUT2D eigenvalue weighted by Gasteiger charge is -2.08. The van der Waals surface area contributed by atoms with Crippen molar-refractivity contribution in [3.05, 3.63) is 17.3 Å². The Morgan fingerprint density at radius 1 is 1.53 bits per heavy atom. The summed E-state index contributed by atoms with van der Waals surface area (Å²) in [7, 11) is 0. The highest BCUT2D eigenvalue weighted by Gasteiger charge is 2.08. The second-order valence-electron chi connectivity index (χ2n) is 3.89. The monoisotopic (exact) mass is 246 g/mol. The maximum atomic E-state index is 8.77.